The SMILES string of the molecule is COc1ccnc(NC2CCN(Cc3ncccc3C)C2)n1. The second-order valence-electron chi connectivity index (χ2n) is 5.55. The molecule has 2 aromatic rings. The lowest BCUT2D eigenvalue weighted by atomic mass is 10.2. The van der Waals surface area contributed by atoms with E-state index in [1.807, 2.05) is 12.3 Å². The molecule has 0 amide bonds. The first-order valence-electron chi connectivity index (χ1n) is 7.51. The Morgan fingerprint density at radius 1 is 1.32 bits per heavy atom. The van der Waals surface area contributed by atoms with Gasteiger partial charge in [-0.2, -0.15) is 4.98 Å². The maximum Gasteiger partial charge on any atom is 0.226 e. The zero-order chi connectivity index (χ0) is 15.4. The summed E-state index contributed by atoms with van der Waals surface area (Å²) in [4.78, 5) is 15.4. The summed E-state index contributed by atoms with van der Waals surface area (Å²) in [6.07, 6.45) is 4.64. The molecule has 1 N–H and O–H groups in total. The molecule has 2 aromatic heterocycles. The first kappa shape index (κ1) is 14.7. The average Bonchev–Trinajstić information content (AvgIpc) is 2.97. The van der Waals surface area contributed by atoms with Crippen LogP contribution in [0.2, 0.25) is 0 Å². The van der Waals surface area contributed by atoms with E-state index in [4.69, 9.17) is 4.74 Å². The van der Waals surface area contributed by atoms with Crippen molar-refractivity contribution in [2.75, 3.05) is 25.5 Å². The van der Waals surface area contributed by atoms with Crippen LogP contribution in [0.25, 0.3) is 0 Å². The lowest BCUT2D eigenvalue weighted by Gasteiger charge is -2.17. The number of nitrogens with zero attached hydrogens (tertiary/aromatic N) is 4. The molecule has 0 radical (unpaired) electrons. The number of ether oxygens (including phenoxy) is 1. The van der Waals surface area contributed by atoms with E-state index in [1.165, 1.54) is 5.56 Å². The Balaban J connectivity index is 1.57. The van der Waals surface area contributed by atoms with Crippen molar-refractivity contribution < 1.29 is 4.74 Å². The first-order chi connectivity index (χ1) is 10.7. The Labute approximate surface area is 130 Å². The highest BCUT2D eigenvalue weighted by molar-refractivity contribution is 5.29. The molecule has 1 fully saturated rings. The van der Waals surface area contributed by atoms with Crippen LogP contribution < -0.4 is 10.1 Å². The smallest absolute Gasteiger partial charge is 0.226 e. The number of methoxy groups -OCH3 is 1. The lowest BCUT2D eigenvalue weighted by Crippen LogP contribution is -2.27. The molecule has 1 aliphatic heterocycles. The van der Waals surface area contributed by atoms with Crippen LogP contribution in [-0.4, -0.2) is 46.1 Å². The Kier molecular flexibility index (Phi) is 4.48. The van der Waals surface area contributed by atoms with E-state index in [9.17, 15) is 0 Å². The summed E-state index contributed by atoms with van der Waals surface area (Å²) in [6.45, 7) is 5.02. The van der Waals surface area contributed by atoms with Crippen molar-refractivity contribution >= 4 is 5.95 Å². The zero-order valence-corrected chi connectivity index (χ0v) is 13.0. The minimum atomic E-state index is 0.358. The van der Waals surface area contributed by atoms with E-state index < -0.39 is 0 Å². The van der Waals surface area contributed by atoms with Crippen LogP contribution in [-0.2, 0) is 6.54 Å². The minimum absolute atomic E-state index is 0.358. The van der Waals surface area contributed by atoms with Crippen LogP contribution in [0.1, 0.15) is 17.7 Å². The highest BCUT2D eigenvalue weighted by Crippen LogP contribution is 2.17. The van der Waals surface area contributed by atoms with Gasteiger partial charge >= 0.3 is 0 Å². The molecular formula is C16H21N5O. The van der Waals surface area contributed by atoms with E-state index in [0.717, 1.165) is 31.7 Å². The Bertz CT molecular complexity index is 633. The van der Waals surface area contributed by atoms with Crippen molar-refractivity contribution in [3.05, 3.63) is 41.9 Å². The molecule has 1 unspecified atom stereocenters. The van der Waals surface area contributed by atoms with Gasteiger partial charge in [0.1, 0.15) is 0 Å². The molecule has 3 heterocycles. The molecule has 116 valence electrons. The van der Waals surface area contributed by atoms with Gasteiger partial charge in [0.25, 0.3) is 0 Å². The second kappa shape index (κ2) is 6.70. The van der Waals surface area contributed by atoms with Crippen molar-refractivity contribution in [1.29, 1.82) is 0 Å². The number of anilines is 1. The zero-order valence-electron chi connectivity index (χ0n) is 13.0. The summed E-state index contributed by atoms with van der Waals surface area (Å²) in [5.74, 6) is 1.21. The summed E-state index contributed by atoms with van der Waals surface area (Å²) >= 11 is 0. The molecule has 0 aliphatic carbocycles. The molecular weight excluding hydrogens is 278 g/mol. The molecule has 22 heavy (non-hydrogen) atoms. The number of likely N-dealkylation sites (tertiary alicyclic amines) is 1. The van der Waals surface area contributed by atoms with Gasteiger partial charge in [0, 0.05) is 44.1 Å². The molecule has 3 rings (SSSR count). The highest BCUT2D eigenvalue weighted by atomic mass is 16.5. The van der Waals surface area contributed by atoms with Crippen molar-refractivity contribution in [1.82, 2.24) is 19.9 Å². The molecule has 6 heteroatoms. The first-order valence-corrected chi connectivity index (χ1v) is 7.51. The Hall–Kier alpha value is -2.21. The molecule has 6 nitrogen and oxygen atoms in total. The lowest BCUT2D eigenvalue weighted by molar-refractivity contribution is 0.323. The van der Waals surface area contributed by atoms with Gasteiger partial charge in [-0.25, -0.2) is 4.98 Å². The largest absolute Gasteiger partial charge is 0.481 e. The third kappa shape index (κ3) is 3.51. The summed E-state index contributed by atoms with van der Waals surface area (Å²) < 4.78 is 5.12. The van der Waals surface area contributed by atoms with E-state index >= 15 is 0 Å². The number of rotatable bonds is 5. The molecule has 0 saturated carbocycles. The molecule has 1 aliphatic rings. The van der Waals surface area contributed by atoms with Gasteiger partial charge in [0.15, 0.2) is 0 Å². The predicted molar refractivity (Wildman–Crippen MR) is 84.9 cm³/mol. The average molecular weight is 299 g/mol. The Morgan fingerprint density at radius 3 is 3.05 bits per heavy atom. The van der Waals surface area contributed by atoms with Gasteiger partial charge in [-0.15, -0.1) is 0 Å². The van der Waals surface area contributed by atoms with Gasteiger partial charge in [-0.1, -0.05) is 6.07 Å². The van der Waals surface area contributed by atoms with E-state index in [0.29, 0.717) is 17.9 Å². The molecule has 1 atom stereocenters. The number of nitrogens with one attached hydrogen (secondary N) is 1. The fourth-order valence-corrected chi connectivity index (χ4v) is 2.70. The maximum absolute atomic E-state index is 5.12. The summed E-state index contributed by atoms with van der Waals surface area (Å²) in [5, 5.41) is 3.38. The van der Waals surface area contributed by atoms with Gasteiger partial charge in [0.2, 0.25) is 11.8 Å². The van der Waals surface area contributed by atoms with Gasteiger partial charge in [0.05, 0.1) is 12.8 Å². The molecule has 1 saturated heterocycles. The second-order valence-corrected chi connectivity index (χ2v) is 5.55. The van der Waals surface area contributed by atoms with Crippen LogP contribution in [0.15, 0.2) is 30.6 Å². The van der Waals surface area contributed by atoms with Crippen LogP contribution in [0.3, 0.4) is 0 Å². The number of pyridine rings is 1. The van der Waals surface area contributed by atoms with Crippen molar-refractivity contribution in [2.24, 2.45) is 0 Å². The summed E-state index contributed by atoms with van der Waals surface area (Å²) in [5.41, 5.74) is 2.40. The fraction of sp³-hybridized carbons (Fsp3) is 0.438. The maximum atomic E-state index is 5.12. The van der Waals surface area contributed by atoms with Crippen molar-refractivity contribution in [3.8, 4) is 5.88 Å². The number of aryl methyl sites for hydroxylation is 1. The summed E-state index contributed by atoms with van der Waals surface area (Å²) in [6, 6.07) is 6.19. The predicted octanol–water partition coefficient (Wildman–Crippen LogP) is 1.88. The normalized spacial score (nSPS) is 18.4. The van der Waals surface area contributed by atoms with Crippen molar-refractivity contribution in [2.45, 2.75) is 25.9 Å². The van der Waals surface area contributed by atoms with Crippen LogP contribution in [0, 0.1) is 6.92 Å². The summed E-state index contributed by atoms with van der Waals surface area (Å²) in [7, 11) is 1.61. The number of aromatic nitrogens is 3. The van der Waals surface area contributed by atoms with Crippen LogP contribution >= 0.6 is 0 Å². The standard InChI is InChI=1S/C16H21N5O/c1-12-4-3-7-17-14(12)11-21-9-6-13(10-21)19-16-18-8-5-15(20-16)22-2/h3-5,7-8,13H,6,9-11H2,1-2H3,(H,18,19,20). The van der Waals surface area contributed by atoms with Crippen LogP contribution in [0.4, 0.5) is 5.95 Å². The molecule has 0 bridgehead atoms. The quantitative estimate of drug-likeness (QED) is 0.909. The van der Waals surface area contributed by atoms with Gasteiger partial charge in [-0.3, -0.25) is 9.88 Å². The van der Waals surface area contributed by atoms with Crippen molar-refractivity contribution in [3.63, 3.8) is 0 Å². The number of hydrogen-bond donors (Lipinski definition) is 1. The minimum Gasteiger partial charge on any atom is -0.481 e. The third-order valence-corrected chi connectivity index (χ3v) is 3.94. The number of hydrogen-bond acceptors (Lipinski definition) is 6. The van der Waals surface area contributed by atoms with Gasteiger partial charge in [-0.05, 0) is 25.0 Å². The van der Waals surface area contributed by atoms with Crippen LogP contribution in [0.5, 0.6) is 5.88 Å². The molecule has 0 aromatic carbocycles. The highest BCUT2D eigenvalue weighted by Gasteiger charge is 2.23. The topological polar surface area (TPSA) is 63.2 Å². The third-order valence-electron chi connectivity index (χ3n) is 3.94. The van der Waals surface area contributed by atoms with E-state index in [2.05, 4.69) is 38.2 Å². The van der Waals surface area contributed by atoms with E-state index in [1.54, 1.807) is 19.4 Å². The van der Waals surface area contributed by atoms with Gasteiger partial charge < -0.3 is 10.1 Å². The Morgan fingerprint density at radius 2 is 2.23 bits per heavy atom. The monoisotopic (exact) mass is 299 g/mol. The van der Waals surface area contributed by atoms with E-state index in [-0.39, 0.29) is 0 Å². The molecule has 0 spiro atoms. The fourth-order valence-electron chi connectivity index (χ4n) is 2.70.